The van der Waals surface area contributed by atoms with E-state index in [1.54, 1.807) is 12.1 Å². The zero-order valence-electron chi connectivity index (χ0n) is 26.1. The minimum Gasteiger partial charge on any atom is -0.507 e. The van der Waals surface area contributed by atoms with E-state index in [4.69, 9.17) is 4.74 Å². The van der Waals surface area contributed by atoms with Crippen molar-refractivity contribution < 1.29 is 19.4 Å². The molecule has 43 heavy (non-hydrogen) atoms. The lowest BCUT2D eigenvalue weighted by atomic mass is 9.49. The molecule has 1 amide bonds. The third-order valence-electron chi connectivity index (χ3n) is 9.54. The molecule has 6 rings (SSSR count). The fourth-order valence-electron chi connectivity index (χ4n) is 7.12. The summed E-state index contributed by atoms with van der Waals surface area (Å²) < 4.78 is 4.90. The van der Waals surface area contributed by atoms with E-state index in [0.717, 1.165) is 76.7 Å². The summed E-state index contributed by atoms with van der Waals surface area (Å²) in [6.07, 6.45) is 4.30. The summed E-state index contributed by atoms with van der Waals surface area (Å²) in [5.74, 6) is 1.15. The number of carbonyl (C=O) groups excluding carboxylic acids is 2. The van der Waals surface area contributed by atoms with Gasteiger partial charge in [-0.15, -0.1) is 10.2 Å². The molecule has 2 aliphatic carbocycles. The second-order valence-corrected chi connectivity index (χ2v) is 12.2. The average molecular weight is 594 g/mol. The van der Waals surface area contributed by atoms with Gasteiger partial charge in [0.2, 0.25) is 5.91 Å². The summed E-state index contributed by atoms with van der Waals surface area (Å²) in [4.78, 5) is 33.7. The van der Waals surface area contributed by atoms with Crippen LogP contribution in [0.5, 0.6) is 5.75 Å². The second-order valence-electron chi connectivity index (χ2n) is 12.2. The first-order chi connectivity index (χ1) is 20.8. The number of nitrogens with zero attached hydrogens (tertiary/aromatic N) is 6. The lowest BCUT2D eigenvalue weighted by molar-refractivity contribution is -0.164. The first kappa shape index (κ1) is 31.0. The molecule has 0 radical (unpaired) electrons. The van der Waals surface area contributed by atoms with Gasteiger partial charge in [0.1, 0.15) is 5.75 Å². The van der Waals surface area contributed by atoms with Gasteiger partial charge in [-0.3, -0.25) is 19.4 Å². The summed E-state index contributed by atoms with van der Waals surface area (Å²) in [6, 6.07) is 9.71. The molecule has 3 heterocycles. The van der Waals surface area contributed by atoms with Crippen molar-refractivity contribution >= 4 is 23.4 Å². The topological polar surface area (TPSA) is 114 Å². The summed E-state index contributed by atoms with van der Waals surface area (Å²) in [6.45, 7) is 10.9. The van der Waals surface area contributed by atoms with Gasteiger partial charge in [-0.05, 0) is 56.3 Å². The maximum absolute atomic E-state index is 13.1. The number of likely N-dealkylation sites (N-methyl/N-ethyl adjacent to an activating group) is 1. The van der Waals surface area contributed by atoms with Crippen molar-refractivity contribution in [3.63, 3.8) is 0 Å². The number of nitrogens with one attached hydrogen (secondary N) is 1. The summed E-state index contributed by atoms with van der Waals surface area (Å²) >= 11 is 0. The Hall–Kier alpha value is -3.44. The maximum Gasteiger partial charge on any atom is 0.308 e. The van der Waals surface area contributed by atoms with Gasteiger partial charge >= 0.3 is 5.97 Å². The number of aromatic hydroxyl groups is 1. The monoisotopic (exact) mass is 593 g/mol. The maximum atomic E-state index is 13.1. The zero-order chi connectivity index (χ0) is 30.6. The zero-order valence-corrected chi connectivity index (χ0v) is 26.1. The summed E-state index contributed by atoms with van der Waals surface area (Å²) in [5, 5.41) is 22.3. The van der Waals surface area contributed by atoms with E-state index < -0.39 is 0 Å². The van der Waals surface area contributed by atoms with Gasteiger partial charge in [-0.1, -0.05) is 26.0 Å². The lowest BCUT2D eigenvalue weighted by Crippen LogP contribution is -2.61. The van der Waals surface area contributed by atoms with Crippen molar-refractivity contribution in [2.24, 2.45) is 11.3 Å². The van der Waals surface area contributed by atoms with Gasteiger partial charge in [-0.2, -0.15) is 0 Å². The fourth-order valence-corrected chi connectivity index (χ4v) is 7.12. The first-order valence-corrected chi connectivity index (χ1v) is 15.8. The van der Waals surface area contributed by atoms with Crippen molar-refractivity contribution in [1.82, 2.24) is 24.9 Å². The Balaban J connectivity index is 0.00000180. The molecule has 2 aliphatic heterocycles. The molecule has 0 atom stereocenters. The fraction of sp³-hybridized carbons (Fsp3) is 0.625. The van der Waals surface area contributed by atoms with Crippen LogP contribution in [0, 0.1) is 11.3 Å². The molecular formula is C32H47N7O4. The highest BCUT2D eigenvalue weighted by molar-refractivity contribution is 5.78. The number of phenols is 1. The largest absolute Gasteiger partial charge is 0.507 e. The van der Waals surface area contributed by atoms with Gasteiger partial charge < -0.3 is 25.0 Å². The molecule has 0 bridgehead atoms. The van der Waals surface area contributed by atoms with Crippen molar-refractivity contribution in [2.45, 2.75) is 45.6 Å². The number of fused-ring (bicyclic) bond motifs is 1. The van der Waals surface area contributed by atoms with E-state index in [1.807, 2.05) is 44.0 Å². The number of hydrogen-bond donors (Lipinski definition) is 2. The van der Waals surface area contributed by atoms with Crippen LogP contribution >= 0.6 is 0 Å². The number of para-hydroxylation sites is 1. The predicted octanol–water partition coefficient (Wildman–Crippen LogP) is 2.92. The van der Waals surface area contributed by atoms with Crippen LogP contribution in [0.2, 0.25) is 0 Å². The van der Waals surface area contributed by atoms with E-state index in [-0.39, 0.29) is 23.5 Å². The highest BCUT2D eigenvalue weighted by Crippen LogP contribution is 2.60. The van der Waals surface area contributed by atoms with Crippen LogP contribution in [0.25, 0.3) is 11.3 Å². The number of anilines is 2. The highest BCUT2D eigenvalue weighted by atomic mass is 16.5. The van der Waals surface area contributed by atoms with Crippen LogP contribution < -0.4 is 10.2 Å². The normalized spacial score (nSPS) is 24.7. The minimum absolute atomic E-state index is 0.0541. The number of carbonyl (C=O) groups is 2. The standard InChI is InChI=1S/C30H41N7O4.C2H6/c1-34(9-10-36-8-7-31-28-25(36)15-24(32-33-28)23-5-3-4-6-26(23)38)20-27(39)37-13-11-35(12-14-37)22-18-30(19-22)16-21(17-30)29(40)41-2;1-2/h3-6,15,21-22,38H,7-14,16-20H2,1-2H3,(H,31,33);1-2H3. The highest BCUT2D eigenvalue weighted by Gasteiger charge is 2.56. The molecule has 3 fully saturated rings. The number of rotatable bonds is 8. The third kappa shape index (κ3) is 6.72. The Morgan fingerprint density at radius 2 is 1.79 bits per heavy atom. The third-order valence-corrected chi connectivity index (χ3v) is 9.54. The van der Waals surface area contributed by atoms with E-state index >= 15 is 0 Å². The number of amides is 1. The number of hydrogen-bond acceptors (Lipinski definition) is 10. The molecule has 1 aromatic heterocycles. The van der Waals surface area contributed by atoms with E-state index in [9.17, 15) is 14.7 Å². The van der Waals surface area contributed by atoms with Crippen molar-refractivity contribution in [3.05, 3.63) is 30.3 Å². The molecule has 11 nitrogen and oxygen atoms in total. The number of aromatic nitrogens is 2. The molecule has 2 N–H and O–H groups in total. The van der Waals surface area contributed by atoms with E-state index in [2.05, 4.69) is 30.2 Å². The van der Waals surface area contributed by atoms with Gasteiger partial charge in [0.05, 0.1) is 31.0 Å². The number of esters is 1. The summed E-state index contributed by atoms with van der Waals surface area (Å²) in [5.41, 5.74) is 2.61. The Labute approximate surface area is 255 Å². The molecule has 1 saturated heterocycles. The van der Waals surface area contributed by atoms with Gasteiger partial charge in [0.15, 0.2) is 5.82 Å². The van der Waals surface area contributed by atoms with Gasteiger partial charge in [-0.25, -0.2) is 0 Å². The van der Waals surface area contributed by atoms with Gasteiger partial charge in [0.25, 0.3) is 0 Å². The second kappa shape index (κ2) is 13.5. The summed E-state index contributed by atoms with van der Waals surface area (Å²) in [7, 11) is 3.48. The predicted molar refractivity (Wildman–Crippen MR) is 167 cm³/mol. The number of benzene rings is 1. The minimum atomic E-state index is -0.0541. The Morgan fingerprint density at radius 1 is 1.07 bits per heavy atom. The molecule has 2 saturated carbocycles. The van der Waals surface area contributed by atoms with Crippen LogP contribution in [0.3, 0.4) is 0 Å². The number of ether oxygens (including phenoxy) is 1. The molecular weight excluding hydrogens is 546 g/mol. The number of piperazine rings is 1. The van der Waals surface area contributed by atoms with Crippen molar-refractivity contribution in [2.75, 3.05) is 83.3 Å². The Kier molecular flexibility index (Phi) is 9.71. The molecule has 4 aliphatic rings. The van der Waals surface area contributed by atoms with Gasteiger partial charge in [0, 0.05) is 64.0 Å². The van der Waals surface area contributed by atoms with Crippen LogP contribution in [0.1, 0.15) is 39.5 Å². The average Bonchev–Trinajstić information content (AvgIpc) is 2.99. The molecule has 11 heteroatoms. The van der Waals surface area contributed by atoms with Crippen LogP contribution in [0.4, 0.5) is 11.5 Å². The van der Waals surface area contributed by atoms with Crippen LogP contribution in [-0.4, -0.2) is 121 Å². The van der Waals surface area contributed by atoms with Crippen molar-refractivity contribution in [1.29, 1.82) is 0 Å². The number of phenolic OH excluding ortho intramolecular Hbond substituents is 1. The molecule has 2 aromatic rings. The Bertz CT molecular complexity index is 1270. The van der Waals surface area contributed by atoms with Crippen molar-refractivity contribution in [3.8, 4) is 17.0 Å². The SMILES string of the molecule is CC.COC(=O)C1CC2(C1)CC(N1CCN(C(=O)CN(C)CCN3CCNc4nnc(-c5ccccc5O)cc43)CC1)C2. The molecule has 0 unspecified atom stereocenters. The molecule has 1 spiro atoms. The lowest BCUT2D eigenvalue weighted by Gasteiger charge is -2.60. The first-order valence-electron chi connectivity index (χ1n) is 15.8. The van der Waals surface area contributed by atoms with Crippen LogP contribution in [-0.2, 0) is 14.3 Å². The quantitative estimate of drug-likeness (QED) is 0.443. The Morgan fingerprint density at radius 3 is 2.49 bits per heavy atom. The van der Waals surface area contributed by atoms with E-state index in [0.29, 0.717) is 29.3 Å². The van der Waals surface area contributed by atoms with Crippen LogP contribution in [0.15, 0.2) is 30.3 Å². The molecule has 234 valence electrons. The van der Waals surface area contributed by atoms with E-state index in [1.165, 1.54) is 20.0 Å². The molecule has 1 aromatic carbocycles. The number of methoxy groups -OCH3 is 1. The smallest absolute Gasteiger partial charge is 0.308 e.